The third-order valence-electron chi connectivity index (χ3n) is 2.63. The highest BCUT2D eigenvalue weighted by Gasteiger charge is 2.13. The van der Waals surface area contributed by atoms with Crippen LogP contribution in [-0.2, 0) is 0 Å². The van der Waals surface area contributed by atoms with E-state index in [0.29, 0.717) is 0 Å². The Morgan fingerprint density at radius 2 is 1.94 bits per heavy atom. The van der Waals surface area contributed by atoms with Crippen LogP contribution in [0.3, 0.4) is 0 Å². The minimum atomic E-state index is -0.512. The third kappa shape index (κ3) is 3.49. The van der Waals surface area contributed by atoms with Crippen LogP contribution in [-0.4, -0.2) is 11.2 Å². The van der Waals surface area contributed by atoms with Gasteiger partial charge in [0, 0.05) is 10.0 Å². The zero-order valence-electron chi connectivity index (χ0n) is 10.0. The first-order chi connectivity index (χ1) is 7.58. The SMILES string of the molecule is CCC(CC)Oc1ccc(Br)cc1[C@@H](C)O. The second kappa shape index (κ2) is 6.26. The van der Waals surface area contributed by atoms with Crippen molar-refractivity contribution in [3.05, 3.63) is 28.2 Å². The number of hydrogen-bond donors (Lipinski definition) is 1. The minimum absolute atomic E-state index is 0.221. The molecule has 0 aromatic heterocycles. The van der Waals surface area contributed by atoms with Crippen molar-refractivity contribution in [1.82, 2.24) is 0 Å². The average molecular weight is 287 g/mol. The Bertz CT molecular complexity index is 333. The van der Waals surface area contributed by atoms with E-state index < -0.39 is 6.10 Å². The fourth-order valence-electron chi connectivity index (χ4n) is 1.59. The highest BCUT2D eigenvalue weighted by molar-refractivity contribution is 9.10. The molecule has 0 aliphatic carbocycles. The van der Waals surface area contributed by atoms with Crippen LogP contribution in [0.1, 0.15) is 45.3 Å². The molecule has 1 aromatic rings. The summed E-state index contributed by atoms with van der Waals surface area (Å²) in [6.07, 6.45) is 1.66. The Balaban J connectivity index is 2.94. The van der Waals surface area contributed by atoms with E-state index >= 15 is 0 Å². The zero-order valence-corrected chi connectivity index (χ0v) is 11.6. The van der Waals surface area contributed by atoms with E-state index in [2.05, 4.69) is 29.8 Å². The molecule has 0 aliphatic heterocycles. The summed E-state index contributed by atoms with van der Waals surface area (Å²) in [5.41, 5.74) is 0.835. The topological polar surface area (TPSA) is 29.5 Å². The van der Waals surface area contributed by atoms with Gasteiger partial charge < -0.3 is 9.84 Å². The third-order valence-corrected chi connectivity index (χ3v) is 3.12. The lowest BCUT2D eigenvalue weighted by atomic mass is 10.1. The van der Waals surface area contributed by atoms with Gasteiger partial charge >= 0.3 is 0 Å². The molecule has 0 fully saturated rings. The van der Waals surface area contributed by atoms with Gasteiger partial charge in [0.15, 0.2) is 0 Å². The molecule has 16 heavy (non-hydrogen) atoms. The molecular formula is C13H19BrO2. The standard InChI is InChI=1S/C13H19BrO2/c1-4-11(5-2)16-13-7-6-10(14)8-12(13)9(3)15/h6-9,11,15H,4-5H2,1-3H3/t9-/m1/s1. The lowest BCUT2D eigenvalue weighted by molar-refractivity contribution is 0.166. The molecule has 0 unspecified atom stereocenters. The first kappa shape index (κ1) is 13.5. The van der Waals surface area contributed by atoms with Crippen molar-refractivity contribution in [2.75, 3.05) is 0 Å². The first-order valence-electron chi connectivity index (χ1n) is 5.72. The molecule has 3 heteroatoms. The summed E-state index contributed by atoms with van der Waals surface area (Å²) in [4.78, 5) is 0. The van der Waals surface area contributed by atoms with E-state index in [0.717, 1.165) is 28.6 Å². The van der Waals surface area contributed by atoms with E-state index in [-0.39, 0.29) is 6.10 Å². The normalized spacial score (nSPS) is 12.9. The maximum Gasteiger partial charge on any atom is 0.125 e. The molecular weight excluding hydrogens is 268 g/mol. The molecule has 1 atom stereocenters. The van der Waals surface area contributed by atoms with Crippen LogP contribution in [0.4, 0.5) is 0 Å². The zero-order chi connectivity index (χ0) is 12.1. The van der Waals surface area contributed by atoms with Crippen molar-refractivity contribution in [3.63, 3.8) is 0 Å². The average Bonchev–Trinajstić information content (AvgIpc) is 2.27. The van der Waals surface area contributed by atoms with Gasteiger partial charge in [0.25, 0.3) is 0 Å². The van der Waals surface area contributed by atoms with E-state index in [1.54, 1.807) is 6.92 Å². The first-order valence-corrected chi connectivity index (χ1v) is 6.51. The Morgan fingerprint density at radius 1 is 1.31 bits per heavy atom. The van der Waals surface area contributed by atoms with Gasteiger partial charge in [0.1, 0.15) is 5.75 Å². The van der Waals surface area contributed by atoms with Gasteiger partial charge in [0.05, 0.1) is 12.2 Å². The quantitative estimate of drug-likeness (QED) is 0.884. The van der Waals surface area contributed by atoms with Gasteiger partial charge in [-0.15, -0.1) is 0 Å². The molecule has 1 rings (SSSR count). The lowest BCUT2D eigenvalue weighted by Crippen LogP contribution is -2.15. The number of hydrogen-bond acceptors (Lipinski definition) is 2. The lowest BCUT2D eigenvalue weighted by Gasteiger charge is -2.19. The molecule has 0 amide bonds. The Hall–Kier alpha value is -0.540. The van der Waals surface area contributed by atoms with Crippen molar-refractivity contribution >= 4 is 15.9 Å². The molecule has 0 bridgehead atoms. The van der Waals surface area contributed by atoms with Crippen LogP contribution >= 0.6 is 15.9 Å². The molecule has 90 valence electrons. The second-order valence-corrected chi connectivity index (χ2v) is 4.83. The fraction of sp³-hybridized carbons (Fsp3) is 0.538. The molecule has 1 aromatic carbocycles. The van der Waals surface area contributed by atoms with Gasteiger partial charge in [-0.25, -0.2) is 0 Å². The summed E-state index contributed by atoms with van der Waals surface area (Å²) in [5, 5.41) is 9.69. The van der Waals surface area contributed by atoms with Crippen LogP contribution in [0.15, 0.2) is 22.7 Å². The number of aliphatic hydroxyl groups is 1. The summed E-state index contributed by atoms with van der Waals surface area (Å²) in [7, 11) is 0. The molecule has 1 N–H and O–H groups in total. The van der Waals surface area contributed by atoms with Crippen molar-refractivity contribution in [3.8, 4) is 5.75 Å². The van der Waals surface area contributed by atoms with Crippen molar-refractivity contribution in [1.29, 1.82) is 0 Å². The Kier molecular flexibility index (Phi) is 5.29. The van der Waals surface area contributed by atoms with Crippen LogP contribution in [0.5, 0.6) is 5.75 Å². The van der Waals surface area contributed by atoms with Gasteiger partial charge in [-0.1, -0.05) is 29.8 Å². The summed E-state index contributed by atoms with van der Waals surface area (Å²) in [6.45, 7) is 5.96. The van der Waals surface area contributed by atoms with Crippen molar-refractivity contribution in [2.45, 2.75) is 45.8 Å². The molecule has 0 spiro atoms. The smallest absolute Gasteiger partial charge is 0.125 e. The number of ether oxygens (including phenoxy) is 1. The monoisotopic (exact) mass is 286 g/mol. The highest BCUT2D eigenvalue weighted by atomic mass is 79.9. The maximum absolute atomic E-state index is 9.69. The number of halogens is 1. The van der Waals surface area contributed by atoms with Gasteiger partial charge in [-0.3, -0.25) is 0 Å². The van der Waals surface area contributed by atoms with Crippen LogP contribution < -0.4 is 4.74 Å². The Labute approximate surface area is 106 Å². The number of aliphatic hydroxyl groups excluding tert-OH is 1. The predicted octanol–water partition coefficient (Wildman–Crippen LogP) is 4.07. The molecule has 2 nitrogen and oxygen atoms in total. The number of rotatable bonds is 5. The minimum Gasteiger partial charge on any atom is -0.490 e. The van der Waals surface area contributed by atoms with Crippen LogP contribution in [0, 0.1) is 0 Å². The van der Waals surface area contributed by atoms with Crippen LogP contribution in [0.2, 0.25) is 0 Å². The van der Waals surface area contributed by atoms with Crippen molar-refractivity contribution < 1.29 is 9.84 Å². The molecule has 0 saturated carbocycles. The second-order valence-electron chi connectivity index (χ2n) is 3.91. The molecule has 0 aliphatic rings. The van der Waals surface area contributed by atoms with Gasteiger partial charge in [-0.2, -0.15) is 0 Å². The molecule has 0 saturated heterocycles. The summed E-state index contributed by atoms with van der Waals surface area (Å²) >= 11 is 3.40. The Morgan fingerprint density at radius 3 is 2.44 bits per heavy atom. The summed E-state index contributed by atoms with van der Waals surface area (Å²) in [5.74, 6) is 0.784. The highest BCUT2D eigenvalue weighted by Crippen LogP contribution is 2.29. The summed E-state index contributed by atoms with van der Waals surface area (Å²) < 4.78 is 6.84. The number of benzene rings is 1. The van der Waals surface area contributed by atoms with Gasteiger partial charge in [-0.05, 0) is 38.0 Å². The fourth-order valence-corrected chi connectivity index (χ4v) is 1.97. The van der Waals surface area contributed by atoms with Gasteiger partial charge in [0.2, 0.25) is 0 Å². The predicted molar refractivity (Wildman–Crippen MR) is 69.8 cm³/mol. The van der Waals surface area contributed by atoms with E-state index in [4.69, 9.17) is 4.74 Å². The summed E-state index contributed by atoms with van der Waals surface area (Å²) in [6, 6.07) is 5.75. The molecule has 0 heterocycles. The molecule has 0 radical (unpaired) electrons. The van der Waals surface area contributed by atoms with Crippen molar-refractivity contribution in [2.24, 2.45) is 0 Å². The van der Waals surface area contributed by atoms with E-state index in [1.807, 2.05) is 18.2 Å². The van der Waals surface area contributed by atoms with E-state index in [1.165, 1.54) is 0 Å². The van der Waals surface area contributed by atoms with Crippen LogP contribution in [0.25, 0.3) is 0 Å². The van der Waals surface area contributed by atoms with E-state index in [9.17, 15) is 5.11 Å². The largest absolute Gasteiger partial charge is 0.490 e. The maximum atomic E-state index is 9.69.